The molecule has 1 atom stereocenters. The zero-order valence-corrected chi connectivity index (χ0v) is 16.1. The van der Waals surface area contributed by atoms with Gasteiger partial charge >= 0.3 is 12.1 Å². The smallest absolute Gasteiger partial charge is 0.475 e. The minimum atomic E-state index is -5.08. The number of carboxylic acids is 1. The van der Waals surface area contributed by atoms with Crippen LogP contribution in [0.3, 0.4) is 0 Å². The average molecular weight is 435 g/mol. The summed E-state index contributed by atoms with van der Waals surface area (Å²) in [5.74, 6) is -2.69. The van der Waals surface area contributed by atoms with Crippen molar-refractivity contribution in [3.63, 3.8) is 0 Å². The summed E-state index contributed by atoms with van der Waals surface area (Å²) in [6.07, 6.45) is 1.04. The van der Waals surface area contributed by atoms with E-state index in [-0.39, 0.29) is 16.6 Å². The number of carbonyl (C=O) groups excluding carboxylic acids is 1. The molecule has 1 unspecified atom stereocenters. The number of aliphatic carboxylic acids is 1. The van der Waals surface area contributed by atoms with Crippen molar-refractivity contribution in [2.24, 2.45) is 5.41 Å². The minimum Gasteiger partial charge on any atom is -0.475 e. The van der Waals surface area contributed by atoms with Gasteiger partial charge in [0, 0.05) is 37.7 Å². The lowest BCUT2D eigenvalue weighted by molar-refractivity contribution is -0.192. The van der Waals surface area contributed by atoms with Crippen LogP contribution in [0.4, 0.5) is 18.9 Å². The summed E-state index contributed by atoms with van der Waals surface area (Å²) >= 11 is 0. The quantitative estimate of drug-likeness (QED) is 0.773. The van der Waals surface area contributed by atoms with Crippen LogP contribution in [-0.4, -0.2) is 65.8 Å². The Hall–Kier alpha value is -2.21. The number of carbonyl (C=O) groups is 2. The molecule has 3 heterocycles. The first-order valence-electron chi connectivity index (χ1n) is 8.94. The summed E-state index contributed by atoms with van der Waals surface area (Å²) in [7, 11) is -3.14. The Morgan fingerprint density at radius 3 is 2.45 bits per heavy atom. The second-order valence-corrected chi connectivity index (χ2v) is 9.71. The van der Waals surface area contributed by atoms with Gasteiger partial charge in [-0.3, -0.25) is 9.78 Å². The van der Waals surface area contributed by atoms with Crippen LogP contribution < -0.4 is 4.90 Å². The highest BCUT2D eigenvalue weighted by atomic mass is 32.2. The van der Waals surface area contributed by atoms with Crippen LogP contribution in [0.25, 0.3) is 0 Å². The molecule has 12 heteroatoms. The summed E-state index contributed by atoms with van der Waals surface area (Å²) in [4.78, 5) is 27.1. The number of nitrogens with zero attached hydrogens (tertiary/aromatic N) is 3. The first-order valence-corrected chi connectivity index (χ1v) is 10.4. The zero-order chi connectivity index (χ0) is 21.4. The molecule has 1 saturated carbocycles. The Balaban J connectivity index is 0.000000298. The lowest BCUT2D eigenvalue weighted by atomic mass is 9.86. The Labute approximate surface area is 165 Å². The van der Waals surface area contributed by atoms with E-state index in [0.717, 1.165) is 24.9 Å². The molecule has 1 aliphatic carbocycles. The normalized spacial score (nSPS) is 25.2. The van der Waals surface area contributed by atoms with E-state index in [4.69, 9.17) is 9.90 Å². The van der Waals surface area contributed by atoms with Crippen LogP contribution in [0.2, 0.25) is 0 Å². The largest absolute Gasteiger partial charge is 0.490 e. The Kier molecular flexibility index (Phi) is 5.60. The fraction of sp³-hybridized carbons (Fsp3) is 0.588. The number of rotatable bonds is 3. The van der Waals surface area contributed by atoms with Gasteiger partial charge in [0.1, 0.15) is 0 Å². The molecular formula is C17H20F3N3O5S. The standard InChI is InChI=1S/C15H19N3O3S.C2HF3O2/c19-14-8-15(11-18(14)12-2-1-6-16-9-12)5-7-17(10-15)22(20,21)13-3-4-13;3-2(4,5)1(6)7/h1-2,6,9,13H,3-5,7-8,10-11H2;(H,6,7). The Morgan fingerprint density at radius 1 is 1.28 bits per heavy atom. The van der Waals surface area contributed by atoms with Gasteiger partial charge in [-0.1, -0.05) is 0 Å². The van der Waals surface area contributed by atoms with Gasteiger partial charge in [0.2, 0.25) is 15.9 Å². The number of hydrogen-bond donors (Lipinski definition) is 1. The summed E-state index contributed by atoms with van der Waals surface area (Å²) in [6.45, 7) is 1.62. The fourth-order valence-corrected chi connectivity index (χ4v) is 5.56. The highest BCUT2D eigenvalue weighted by molar-refractivity contribution is 7.90. The molecule has 0 aromatic carbocycles. The molecule has 0 bridgehead atoms. The monoisotopic (exact) mass is 435 g/mol. The lowest BCUT2D eigenvalue weighted by Crippen LogP contribution is -2.35. The van der Waals surface area contributed by atoms with Crippen molar-refractivity contribution in [3.05, 3.63) is 24.5 Å². The van der Waals surface area contributed by atoms with Gasteiger partial charge in [0.25, 0.3) is 0 Å². The van der Waals surface area contributed by atoms with Crippen molar-refractivity contribution < 1.29 is 36.3 Å². The number of aromatic nitrogens is 1. The summed E-state index contributed by atoms with van der Waals surface area (Å²) in [5.41, 5.74) is 0.572. The number of hydrogen-bond acceptors (Lipinski definition) is 5. The third-order valence-electron chi connectivity index (χ3n) is 5.23. The number of sulfonamides is 1. The van der Waals surface area contributed by atoms with Crippen LogP contribution >= 0.6 is 0 Å². The molecule has 2 aliphatic heterocycles. The molecule has 1 aromatic rings. The maximum absolute atomic E-state index is 12.4. The highest BCUT2D eigenvalue weighted by Gasteiger charge is 2.52. The predicted octanol–water partition coefficient (Wildman–Crippen LogP) is 1.64. The molecule has 3 aliphatic rings. The molecule has 1 amide bonds. The number of halogens is 3. The summed E-state index contributed by atoms with van der Waals surface area (Å²) < 4.78 is 58.1. The molecule has 1 spiro atoms. The SMILES string of the molecule is O=C(O)C(F)(F)F.O=C1CC2(CCN(S(=O)(=O)C3CC3)C2)CN1c1cccnc1. The van der Waals surface area contributed by atoms with E-state index in [1.165, 1.54) is 0 Å². The number of pyridine rings is 1. The molecule has 160 valence electrons. The predicted molar refractivity (Wildman–Crippen MR) is 95.5 cm³/mol. The highest BCUT2D eigenvalue weighted by Crippen LogP contribution is 2.44. The topological polar surface area (TPSA) is 108 Å². The van der Waals surface area contributed by atoms with E-state index in [1.54, 1.807) is 21.6 Å². The Morgan fingerprint density at radius 2 is 1.93 bits per heavy atom. The summed E-state index contributed by atoms with van der Waals surface area (Å²) in [5, 5.41) is 6.95. The third kappa shape index (κ3) is 4.69. The fourth-order valence-electron chi connectivity index (χ4n) is 3.61. The number of alkyl halides is 3. The van der Waals surface area contributed by atoms with E-state index < -0.39 is 22.2 Å². The maximum Gasteiger partial charge on any atom is 0.490 e. The van der Waals surface area contributed by atoms with Crippen LogP contribution in [0, 0.1) is 5.41 Å². The van der Waals surface area contributed by atoms with Crippen LogP contribution in [0.1, 0.15) is 25.7 Å². The van der Waals surface area contributed by atoms with E-state index in [9.17, 15) is 26.4 Å². The van der Waals surface area contributed by atoms with Crippen molar-refractivity contribution in [1.82, 2.24) is 9.29 Å². The van der Waals surface area contributed by atoms with Crippen molar-refractivity contribution in [3.8, 4) is 0 Å². The van der Waals surface area contributed by atoms with Crippen LogP contribution in [-0.2, 0) is 19.6 Å². The molecule has 1 N–H and O–H groups in total. The van der Waals surface area contributed by atoms with Crippen molar-refractivity contribution in [2.45, 2.75) is 37.1 Å². The molecule has 8 nitrogen and oxygen atoms in total. The van der Waals surface area contributed by atoms with E-state index in [1.807, 2.05) is 12.1 Å². The van der Waals surface area contributed by atoms with Crippen molar-refractivity contribution in [1.29, 1.82) is 0 Å². The van der Waals surface area contributed by atoms with Gasteiger partial charge in [-0.15, -0.1) is 0 Å². The molecule has 0 radical (unpaired) electrons. The minimum absolute atomic E-state index is 0.0682. The Bertz CT molecular complexity index is 889. The third-order valence-corrected chi connectivity index (χ3v) is 7.58. The van der Waals surface area contributed by atoms with Crippen molar-refractivity contribution >= 4 is 27.6 Å². The molecule has 1 aromatic heterocycles. The molecule has 2 saturated heterocycles. The van der Waals surface area contributed by atoms with E-state index >= 15 is 0 Å². The van der Waals surface area contributed by atoms with Crippen LogP contribution in [0.15, 0.2) is 24.5 Å². The van der Waals surface area contributed by atoms with Crippen molar-refractivity contribution in [2.75, 3.05) is 24.5 Å². The number of anilines is 1. The van der Waals surface area contributed by atoms with Gasteiger partial charge in [0.15, 0.2) is 0 Å². The number of carboxylic acid groups (broad SMARTS) is 1. The van der Waals surface area contributed by atoms with E-state index in [0.29, 0.717) is 26.1 Å². The zero-order valence-electron chi connectivity index (χ0n) is 15.3. The average Bonchev–Trinajstić information content (AvgIpc) is 3.36. The van der Waals surface area contributed by atoms with Gasteiger partial charge < -0.3 is 10.0 Å². The first-order chi connectivity index (χ1) is 13.4. The summed E-state index contributed by atoms with van der Waals surface area (Å²) in [6, 6.07) is 3.68. The van der Waals surface area contributed by atoms with Crippen LogP contribution in [0.5, 0.6) is 0 Å². The van der Waals surface area contributed by atoms with E-state index in [2.05, 4.69) is 4.98 Å². The molecular weight excluding hydrogens is 415 g/mol. The molecule has 29 heavy (non-hydrogen) atoms. The van der Waals surface area contributed by atoms with Gasteiger partial charge in [0.05, 0.1) is 17.1 Å². The lowest BCUT2D eigenvalue weighted by Gasteiger charge is -2.24. The maximum atomic E-state index is 12.4. The van der Waals surface area contributed by atoms with Gasteiger partial charge in [-0.25, -0.2) is 17.5 Å². The second-order valence-electron chi connectivity index (χ2n) is 7.50. The number of amides is 1. The molecule has 3 fully saturated rings. The second kappa shape index (κ2) is 7.56. The van der Waals surface area contributed by atoms with Gasteiger partial charge in [-0.05, 0) is 31.4 Å². The molecule has 4 rings (SSSR count). The van der Waals surface area contributed by atoms with Gasteiger partial charge in [-0.2, -0.15) is 13.2 Å². The first kappa shape index (κ1) is 21.5.